The summed E-state index contributed by atoms with van der Waals surface area (Å²) in [5.41, 5.74) is 0. The Morgan fingerprint density at radius 3 is 1.20 bits per heavy atom. The summed E-state index contributed by atoms with van der Waals surface area (Å²) in [5.74, 6) is 2.01. The van der Waals surface area contributed by atoms with Crippen molar-refractivity contribution in [1.29, 1.82) is 0 Å². The van der Waals surface area contributed by atoms with Crippen molar-refractivity contribution in [2.45, 2.75) is 117 Å². The Balaban J connectivity index is 0. The average Bonchev–Trinajstić information content (AvgIpc) is 3.18. The highest BCUT2D eigenvalue weighted by Gasteiger charge is 2.15. The summed E-state index contributed by atoms with van der Waals surface area (Å²) in [7, 11) is -0.446. The van der Waals surface area contributed by atoms with Gasteiger partial charge in [-0.05, 0) is 55.1 Å². The first-order valence-corrected chi connectivity index (χ1v) is 23.7. The van der Waals surface area contributed by atoms with Crippen molar-refractivity contribution >= 4 is 81.0 Å². The Labute approximate surface area is 333 Å². The van der Waals surface area contributed by atoms with Gasteiger partial charge in [-0.25, -0.2) is 0 Å². The van der Waals surface area contributed by atoms with Gasteiger partial charge in [0.1, 0.15) is 6.29 Å². The Morgan fingerprint density at radius 2 is 0.900 bits per heavy atom. The molecule has 0 atom stereocenters. The molecule has 6 heteroatoms. The number of unbranched alkanes of at least 4 members (excludes halogenated alkanes) is 13. The number of halogens is 3. The molecule has 0 aliphatic heterocycles. The first-order valence-electron chi connectivity index (χ1n) is 18.8. The molecule has 1 nitrogen and oxygen atoms in total. The zero-order valence-corrected chi connectivity index (χ0v) is 36.5. The molecule has 3 rings (SSSR count). The fourth-order valence-electron chi connectivity index (χ4n) is 4.63. The third-order valence-electron chi connectivity index (χ3n) is 7.36. The predicted octanol–water partition coefficient (Wildman–Crippen LogP) is 14.3. The highest BCUT2D eigenvalue weighted by Crippen LogP contribution is 2.32. The summed E-state index contributed by atoms with van der Waals surface area (Å²) < 4.78 is 0. The zero-order chi connectivity index (χ0) is 37.2. The number of hydrogen-bond acceptors (Lipinski definition) is 2. The Bertz CT molecular complexity index is 969. The molecule has 0 unspecified atom stereocenters. The van der Waals surface area contributed by atoms with E-state index in [2.05, 4.69) is 140 Å². The molecule has 0 spiro atoms. The number of carbonyl (C=O) groups excluding carboxylic acids is 1. The van der Waals surface area contributed by atoms with E-state index in [0.717, 1.165) is 0 Å². The second kappa shape index (κ2) is 44.1. The number of allylic oxidation sites excluding steroid dienone is 2. The van der Waals surface area contributed by atoms with E-state index >= 15 is 0 Å². The Hall–Kier alpha value is -1.09. The van der Waals surface area contributed by atoms with Crippen molar-refractivity contribution in [2.24, 2.45) is 0 Å². The number of benzene rings is 3. The summed E-state index contributed by atoms with van der Waals surface area (Å²) in [6.07, 6.45) is 27.8. The number of carbonyl (C=O) groups is 1. The van der Waals surface area contributed by atoms with Crippen LogP contribution < -0.4 is 15.9 Å². The molecule has 0 amide bonds. The van der Waals surface area contributed by atoms with Gasteiger partial charge in [-0.2, -0.15) is 11.8 Å². The van der Waals surface area contributed by atoms with Crippen molar-refractivity contribution in [3.63, 3.8) is 0 Å². The van der Waals surface area contributed by atoms with Crippen LogP contribution in [-0.4, -0.2) is 35.4 Å². The SMILES string of the molecule is CCCCCCCCC/C=C\CCl.CCCCCCCCCBr.CCSC.O=CCCl.c1ccc(P(c2ccccc2)c2ccccc2)cc1. The molecule has 3 aromatic rings. The lowest BCUT2D eigenvalue weighted by atomic mass is 10.1. The lowest BCUT2D eigenvalue weighted by Gasteiger charge is -2.18. The lowest BCUT2D eigenvalue weighted by molar-refractivity contribution is -0.105. The topological polar surface area (TPSA) is 17.1 Å². The largest absolute Gasteiger partial charge is 0.302 e. The maximum atomic E-state index is 9.04. The van der Waals surface area contributed by atoms with Gasteiger partial charge in [0.15, 0.2) is 0 Å². The van der Waals surface area contributed by atoms with Gasteiger partial charge in [0.05, 0.1) is 5.88 Å². The van der Waals surface area contributed by atoms with Crippen LogP contribution in [-0.2, 0) is 4.79 Å². The monoisotopic (exact) mass is 824 g/mol. The van der Waals surface area contributed by atoms with Gasteiger partial charge in [0, 0.05) is 11.2 Å². The minimum absolute atomic E-state index is 0.111. The van der Waals surface area contributed by atoms with Crippen LogP contribution >= 0.6 is 58.8 Å². The summed E-state index contributed by atoms with van der Waals surface area (Å²) in [4.78, 5) is 9.04. The molecule has 0 saturated heterocycles. The number of thioether (sulfide) groups is 1. The molecule has 0 saturated carbocycles. The molecule has 282 valence electrons. The van der Waals surface area contributed by atoms with E-state index in [4.69, 9.17) is 28.0 Å². The van der Waals surface area contributed by atoms with E-state index in [9.17, 15) is 0 Å². The van der Waals surface area contributed by atoms with Gasteiger partial charge in [0.25, 0.3) is 0 Å². The molecule has 0 aromatic heterocycles. The van der Waals surface area contributed by atoms with Crippen LogP contribution in [0.25, 0.3) is 0 Å². The Kier molecular flexibility index (Phi) is 45.0. The van der Waals surface area contributed by atoms with Crippen LogP contribution in [0.2, 0.25) is 0 Å². The van der Waals surface area contributed by atoms with E-state index in [0.29, 0.717) is 12.2 Å². The summed E-state index contributed by atoms with van der Waals surface area (Å²) >= 11 is 15.6. The second-order valence-electron chi connectivity index (χ2n) is 11.6. The first kappa shape index (κ1) is 51.0. The van der Waals surface area contributed by atoms with E-state index in [-0.39, 0.29) is 5.88 Å². The molecule has 0 heterocycles. The van der Waals surface area contributed by atoms with Crippen LogP contribution in [0.4, 0.5) is 0 Å². The van der Waals surface area contributed by atoms with Crippen molar-refractivity contribution in [2.75, 3.05) is 29.1 Å². The van der Waals surface area contributed by atoms with Gasteiger partial charge in [0.2, 0.25) is 0 Å². The van der Waals surface area contributed by atoms with Gasteiger partial charge >= 0.3 is 0 Å². The summed E-state index contributed by atoms with van der Waals surface area (Å²) in [6, 6.07) is 32.3. The number of aldehydes is 1. The maximum absolute atomic E-state index is 9.04. The van der Waals surface area contributed by atoms with E-state index in [1.807, 2.05) is 17.8 Å². The summed E-state index contributed by atoms with van der Waals surface area (Å²) in [5, 5.41) is 5.38. The maximum Gasteiger partial charge on any atom is 0.134 e. The molecule has 3 aromatic carbocycles. The van der Waals surface area contributed by atoms with Crippen molar-refractivity contribution in [1.82, 2.24) is 0 Å². The number of alkyl halides is 3. The van der Waals surface area contributed by atoms with Crippen LogP contribution in [0.1, 0.15) is 117 Å². The minimum Gasteiger partial charge on any atom is -0.302 e. The highest BCUT2D eigenvalue weighted by atomic mass is 79.9. The smallest absolute Gasteiger partial charge is 0.134 e. The first-order chi connectivity index (χ1) is 24.6. The standard InChI is InChI=1S/C18H15P.C12H23Cl.C9H19Br.C3H8S.C2H3ClO/c1-4-10-16(11-5-1)19(17-12-6-2-7-13-17)18-14-8-3-9-15-18;1-2-3-4-5-6-7-8-9-10-11-12-13;1-2-3-4-5-6-7-8-9-10;1-3-4-2;3-1-2-4/h1-15H;10-11H,2-9,12H2,1H3;2-9H2,1H3;3H2,1-2H3;2H,1H2/b;11-10-;;;. The zero-order valence-electron chi connectivity index (χ0n) is 31.7. The number of rotatable bonds is 21. The summed E-state index contributed by atoms with van der Waals surface area (Å²) in [6.45, 7) is 6.67. The molecule has 0 radical (unpaired) electrons. The quantitative estimate of drug-likeness (QED) is 0.0350. The molecule has 0 bridgehead atoms. The normalized spacial score (nSPS) is 10.1. The van der Waals surface area contributed by atoms with Gasteiger partial charge in [-0.3, -0.25) is 0 Å². The van der Waals surface area contributed by atoms with Gasteiger partial charge < -0.3 is 4.79 Å². The van der Waals surface area contributed by atoms with Crippen LogP contribution in [0.5, 0.6) is 0 Å². The second-order valence-corrected chi connectivity index (χ2v) is 16.4. The molecular formula is C44H68BrCl2OPS. The molecule has 0 N–H and O–H groups in total. The lowest BCUT2D eigenvalue weighted by Crippen LogP contribution is -2.20. The average molecular weight is 827 g/mol. The highest BCUT2D eigenvalue weighted by molar-refractivity contribution is 9.09. The fourth-order valence-corrected chi connectivity index (χ4v) is 7.46. The minimum atomic E-state index is -0.446. The van der Waals surface area contributed by atoms with E-state index in [1.54, 1.807) is 0 Å². The van der Waals surface area contributed by atoms with Gasteiger partial charge in [-0.15, -0.1) is 23.2 Å². The fraction of sp³-hybridized carbons (Fsp3) is 0.523. The molecule has 50 heavy (non-hydrogen) atoms. The van der Waals surface area contributed by atoms with E-state index < -0.39 is 7.92 Å². The Morgan fingerprint density at radius 1 is 0.560 bits per heavy atom. The number of hydrogen-bond donors (Lipinski definition) is 0. The van der Waals surface area contributed by atoms with Crippen molar-refractivity contribution in [3.05, 3.63) is 103 Å². The van der Waals surface area contributed by atoms with Crippen LogP contribution in [0.15, 0.2) is 103 Å². The van der Waals surface area contributed by atoms with Crippen molar-refractivity contribution in [3.8, 4) is 0 Å². The predicted molar refractivity (Wildman–Crippen MR) is 240 cm³/mol. The van der Waals surface area contributed by atoms with Crippen LogP contribution in [0, 0.1) is 0 Å². The van der Waals surface area contributed by atoms with E-state index in [1.165, 1.54) is 123 Å². The van der Waals surface area contributed by atoms with Crippen molar-refractivity contribution < 1.29 is 4.79 Å². The molecule has 0 aliphatic rings. The van der Waals surface area contributed by atoms with Gasteiger partial charge in [-0.1, -0.05) is 217 Å². The molecule has 0 aliphatic carbocycles. The third kappa shape index (κ3) is 34.0. The molecule has 0 fully saturated rings. The molecular weight excluding hydrogens is 758 g/mol. The third-order valence-corrected chi connectivity index (χ3v) is 11.2. The van der Waals surface area contributed by atoms with Crippen LogP contribution in [0.3, 0.4) is 0 Å².